The molecule has 19 heavy (non-hydrogen) atoms. The van der Waals surface area contributed by atoms with Crippen LogP contribution in [0.15, 0.2) is 78.3 Å². The molecule has 0 saturated carbocycles. The first-order valence-electron chi connectivity index (χ1n) is 6.44. The van der Waals surface area contributed by atoms with Crippen LogP contribution in [0.2, 0.25) is 0 Å². The Labute approximate surface area is 123 Å². The Bertz CT molecular complexity index is 401. The zero-order chi connectivity index (χ0) is 14.5. The van der Waals surface area contributed by atoms with Gasteiger partial charge in [0.1, 0.15) is 0 Å². The lowest BCUT2D eigenvalue weighted by Gasteiger charge is -1.95. The number of benzene rings is 1. The van der Waals surface area contributed by atoms with E-state index in [1.807, 2.05) is 43.3 Å². The molecule has 0 bridgehead atoms. The minimum Gasteiger partial charge on any atom is -0.143 e. The summed E-state index contributed by atoms with van der Waals surface area (Å²) in [5.41, 5.74) is 2.62. The second-order valence-corrected chi connectivity index (χ2v) is 4.64. The van der Waals surface area contributed by atoms with Gasteiger partial charge in [-0.05, 0) is 38.8 Å². The van der Waals surface area contributed by atoms with Gasteiger partial charge in [-0.25, -0.2) is 0 Å². The van der Waals surface area contributed by atoms with Crippen molar-refractivity contribution < 1.29 is 0 Å². The summed E-state index contributed by atoms with van der Waals surface area (Å²) >= 11 is 4.13. The molecule has 0 aliphatic rings. The second-order valence-electron chi connectivity index (χ2n) is 4.12. The van der Waals surface area contributed by atoms with Gasteiger partial charge in [-0.1, -0.05) is 60.2 Å². The van der Waals surface area contributed by atoms with Crippen LogP contribution in [0.25, 0.3) is 0 Å². The third-order valence-electron chi connectivity index (χ3n) is 2.49. The van der Waals surface area contributed by atoms with Gasteiger partial charge in [0.2, 0.25) is 0 Å². The van der Waals surface area contributed by atoms with Crippen LogP contribution in [0, 0.1) is 6.92 Å². The third kappa shape index (κ3) is 10.2. The highest BCUT2D eigenvalue weighted by Crippen LogP contribution is 2.06. The summed E-state index contributed by atoms with van der Waals surface area (Å²) in [6.45, 7) is 11.4. The third-order valence-corrected chi connectivity index (χ3v) is 2.79. The van der Waals surface area contributed by atoms with Crippen LogP contribution in [-0.2, 0) is 0 Å². The van der Waals surface area contributed by atoms with E-state index in [4.69, 9.17) is 0 Å². The standard InChI is InChI=1S/C11H16.C7H8S/c1-4-7-9-11(6-3)10-8-5-2;1-6-2-4-7(8)5-3-6/h4-7,9H,1-2,8,10H2,3H3;2-5,8H,1H3/b9-7-,11-6+;. The van der Waals surface area contributed by atoms with Crippen LogP contribution < -0.4 is 0 Å². The zero-order valence-electron chi connectivity index (χ0n) is 12.0. The first-order valence-corrected chi connectivity index (χ1v) is 6.89. The molecule has 0 fully saturated rings. The number of rotatable bonds is 5. The van der Waals surface area contributed by atoms with E-state index in [1.165, 1.54) is 11.1 Å². The molecule has 1 heteroatoms. The van der Waals surface area contributed by atoms with E-state index in [9.17, 15) is 0 Å². The molecule has 1 rings (SSSR count). The molecule has 0 spiro atoms. The molecular weight excluding hydrogens is 248 g/mol. The number of aryl methyl sites for hydroxylation is 1. The summed E-state index contributed by atoms with van der Waals surface area (Å²) in [5.74, 6) is 0. The molecule has 0 heterocycles. The van der Waals surface area contributed by atoms with E-state index < -0.39 is 0 Å². The van der Waals surface area contributed by atoms with Crippen LogP contribution in [0.1, 0.15) is 25.3 Å². The Morgan fingerprint density at radius 3 is 2.26 bits per heavy atom. The molecule has 102 valence electrons. The summed E-state index contributed by atoms with van der Waals surface area (Å²) < 4.78 is 0. The second kappa shape index (κ2) is 11.6. The fourth-order valence-electron chi connectivity index (χ4n) is 1.33. The molecule has 0 N–H and O–H groups in total. The maximum Gasteiger partial charge on any atom is 0.00401 e. The van der Waals surface area contributed by atoms with Crippen LogP contribution in [0.4, 0.5) is 0 Å². The molecule has 1 aromatic rings. The Hall–Kier alpha value is -1.47. The number of thiol groups is 1. The molecule has 0 aromatic heterocycles. The summed E-state index contributed by atoms with van der Waals surface area (Å²) in [4.78, 5) is 1.02. The molecule has 0 radical (unpaired) electrons. The van der Waals surface area contributed by atoms with Crippen molar-refractivity contribution in [3.63, 3.8) is 0 Å². The van der Waals surface area contributed by atoms with Crippen molar-refractivity contribution in [2.24, 2.45) is 0 Å². The smallest absolute Gasteiger partial charge is 0.00401 e. The molecular formula is C18H24S. The van der Waals surface area contributed by atoms with Gasteiger partial charge >= 0.3 is 0 Å². The van der Waals surface area contributed by atoms with Crippen LogP contribution in [0.3, 0.4) is 0 Å². The van der Waals surface area contributed by atoms with Gasteiger partial charge in [0.15, 0.2) is 0 Å². The summed E-state index contributed by atoms with van der Waals surface area (Å²) in [6, 6.07) is 8.06. The van der Waals surface area contributed by atoms with E-state index in [0.717, 1.165) is 17.7 Å². The van der Waals surface area contributed by atoms with Gasteiger partial charge in [-0.2, -0.15) is 0 Å². The lowest BCUT2D eigenvalue weighted by molar-refractivity contribution is 1.01. The Morgan fingerprint density at radius 1 is 1.21 bits per heavy atom. The van der Waals surface area contributed by atoms with Crippen molar-refractivity contribution in [2.75, 3.05) is 0 Å². The molecule has 0 unspecified atom stereocenters. The number of hydrogen-bond donors (Lipinski definition) is 1. The fraction of sp³-hybridized carbons (Fsp3) is 0.222. The molecule has 0 aliphatic carbocycles. The van der Waals surface area contributed by atoms with E-state index in [2.05, 4.69) is 44.9 Å². The van der Waals surface area contributed by atoms with Gasteiger partial charge in [0.25, 0.3) is 0 Å². The molecule has 1 aromatic carbocycles. The molecule has 0 aliphatic heterocycles. The summed E-state index contributed by atoms with van der Waals surface area (Å²) in [6.07, 6.45) is 12.0. The van der Waals surface area contributed by atoms with E-state index in [-0.39, 0.29) is 0 Å². The topological polar surface area (TPSA) is 0 Å². The van der Waals surface area contributed by atoms with Crippen molar-refractivity contribution in [3.05, 3.63) is 78.9 Å². The number of hydrogen-bond acceptors (Lipinski definition) is 1. The van der Waals surface area contributed by atoms with E-state index in [0.29, 0.717) is 0 Å². The lowest BCUT2D eigenvalue weighted by atomic mass is 10.1. The van der Waals surface area contributed by atoms with Crippen molar-refractivity contribution >= 4 is 12.6 Å². The largest absolute Gasteiger partial charge is 0.143 e. The molecule has 0 amide bonds. The van der Waals surface area contributed by atoms with Gasteiger partial charge < -0.3 is 0 Å². The van der Waals surface area contributed by atoms with Crippen molar-refractivity contribution in [1.82, 2.24) is 0 Å². The lowest BCUT2D eigenvalue weighted by Crippen LogP contribution is -1.75. The minimum absolute atomic E-state index is 1.02. The molecule has 0 nitrogen and oxygen atoms in total. The highest BCUT2D eigenvalue weighted by Gasteiger charge is 1.86. The van der Waals surface area contributed by atoms with Gasteiger partial charge in [-0.3, -0.25) is 0 Å². The highest BCUT2D eigenvalue weighted by atomic mass is 32.1. The monoisotopic (exact) mass is 272 g/mol. The van der Waals surface area contributed by atoms with Crippen molar-refractivity contribution in [3.8, 4) is 0 Å². The molecule has 0 atom stereocenters. The average Bonchev–Trinajstić information content (AvgIpc) is 2.43. The average molecular weight is 272 g/mol. The predicted molar refractivity (Wildman–Crippen MR) is 91.0 cm³/mol. The first-order chi connectivity index (χ1) is 9.13. The van der Waals surface area contributed by atoms with Gasteiger partial charge in [-0.15, -0.1) is 19.2 Å². The summed E-state index contributed by atoms with van der Waals surface area (Å²) in [5, 5.41) is 0. The van der Waals surface area contributed by atoms with Crippen molar-refractivity contribution in [2.45, 2.75) is 31.6 Å². The fourth-order valence-corrected chi connectivity index (χ4v) is 1.48. The Kier molecular flexibility index (Phi) is 10.7. The van der Waals surface area contributed by atoms with E-state index in [1.54, 1.807) is 6.08 Å². The highest BCUT2D eigenvalue weighted by molar-refractivity contribution is 7.80. The SMILES string of the molecule is C=C/C=C\C(=C/C)CCC=C.Cc1ccc(S)cc1. The van der Waals surface area contributed by atoms with Gasteiger partial charge in [0.05, 0.1) is 0 Å². The minimum atomic E-state index is 1.02. The van der Waals surface area contributed by atoms with Gasteiger partial charge in [0, 0.05) is 4.90 Å². The normalized spacial score (nSPS) is 10.8. The first kappa shape index (κ1) is 17.5. The maximum absolute atomic E-state index is 4.13. The van der Waals surface area contributed by atoms with Crippen molar-refractivity contribution in [1.29, 1.82) is 0 Å². The van der Waals surface area contributed by atoms with Crippen LogP contribution in [0.5, 0.6) is 0 Å². The van der Waals surface area contributed by atoms with Crippen LogP contribution in [-0.4, -0.2) is 0 Å². The Balaban J connectivity index is 0.000000356. The maximum atomic E-state index is 4.13. The quantitative estimate of drug-likeness (QED) is 0.383. The molecule has 0 saturated heterocycles. The van der Waals surface area contributed by atoms with Crippen LogP contribution >= 0.6 is 12.6 Å². The summed E-state index contributed by atoms with van der Waals surface area (Å²) in [7, 11) is 0. The zero-order valence-corrected chi connectivity index (χ0v) is 12.9. The predicted octanol–water partition coefficient (Wildman–Crippen LogP) is 5.92. The van der Waals surface area contributed by atoms with E-state index >= 15 is 0 Å². The Morgan fingerprint density at radius 2 is 1.84 bits per heavy atom. The number of allylic oxidation sites excluding steroid dienone is 6.